The Kier molecular flexibility index (Phi) is 5.34. The molecule has 10 rings (SSSR count). The molecule has 0 fully saturated rings. The summed E-state index contributed by atoms with van der Waals surface area (Å²) in [4.78, 5) is 10.4. The summed E-state index contributed by atoms with van der Waals surface area (Å²) in [6.45, 7) is 0. The predicted molar refractivity (Wildman–Crippen MR) is 189 cm³/mol. The predicted octanol–water partition coefficient (Wildman–Crippen LogP) is 11.3. The van der Waals surface area contributed by atoms with E-state index in [-0.39, 0.29) is 0 Å². The Morgan fingerprint density at radius 3 is 2.15 bits per heavy atom. The molecule has 0 bridgehead atoms. The summed E-state index contributed by atoms with van der Waals surface area (Å²) in [6.07, 6.45) is 0.928. The molecule has 3 nitrogen and oxygen atoms in total. The van der Waals surface area contributed by atoms with E-state index >= 15 is 0 Å². The first-order valence-electron chi connectivity index (χ1n) is 15.7. The Morgan fingerprint density at radius 1 is 0.478 bits per heavy atom. The highest BCUT2D eigenvalue weighted by Crippen LogP contribution is 2.44. The Bertz CT molecular complexity index is 2670. The third kappa shape index (κ3) is 3.79. The standard InChI is InChI=1S/C43H26N2O/c1-2-10-31-30(8-1)24-37-32(31)22-20-27-9-7-13-36(41(27)37)42-35-12-3-5-14-38(35)44-43(45-42)28-18-16-26(17-19-28)29-21-23-34-33-11-4-6-15-39(33)46-40(34)25-29/h1-23,25H,24H2. The number of para-hydroxylation sites is 2. The number of furan rings is 1. The number of hydrogen-bond acceptors (Lipinski definition) is 3. The lowest BCUT2D eigenvalue weighted by molar-refractivity contribution is 0.669. The van der Waals surface area contributed by atoms with Gasteiger partial charge in [-0.05, 0) is 74.8 Å². The summed E-state index contributed by atoms with van der Waals surface area (Å²) in [5.74, 6) is 0.723. The van der Waals surface area contributed by atoms with E-state index in [1.165, 1.54) is 33.0 Å². The van der Waals surface area contributed by atoms with Crippen LogP contribution in [0.3, 0.4) is 0 Å². The van der Waals surface area contributed by atoms with Gasteiger partial charge < -0.3 is 4.42 Å². The Hall–Kier alpha value is -6.06. The van der Waals surface area contributed by atoms with Crippen LogP contribution in [0.25, 0.3) is 88.5 Å². The van der Waals surface area contributed by atoms with E-state index in [9.17, 15) is 0 Å². The maximum Gasteiger partial charge on any atom is 0.160 e. The van der Waals surface area contributed by atoms with Crippen LogP contribution in [-0.2, 0) is 6.42 Å². The molecule has 2 aromatic heterocycles. The molecule has 3 heteroatoms. The van der Waals surface area contributed by atoms with Crippen molar-refractivity contribution in [3.8, 4) is 44.9 Å². The monoisotopic (exact) mass is 586 g/mol. The summed E-state index contributed by atoms with van der Waals surface area (Å²) in [7, 11) is 0. The van der Waals surface area contributed by atoms with Crippen molar-refractivity contribution in [1.29, 1.82) is 0 Å². The zero-order valence-corrected chi connectivity index (χ0v) is 24.9. The van der Waals surface area contributed by atoms with E-state index in [1.807, 2.05) is 12.1 Å². The minimum Gasteiger partial charge on any atom is -0.456 e. The highest BCUT2D eigenvalue weighted by atomic mass is 16.3. The van der Waals surface area contributed by atoms with Gasteiger partial charge in [0, 0.05) is 27.3 Å². The average molecular weight is 587 g/mol. The number of fused-ring (bicyclic) bond motifs is 9. The van der Waals surface area contributed by atoms with Crippen molar-refractivity contribution in [2.24, 2.45) is 0 Å². The molecule has 214 valence electrons. The lowest BCUT2D eigenvalue weighted by Crippen LogP contribution is -1.97. The van der Waals surface area contributed by atoms with Crippen LogP contribution in [0, 0.1) is 0 Å². The molecule has 0 spiro atoms. The van der Waals surface area contributed by atoms with Gasteiger partial charge in [0.1, 0.15) is 11.2 Å². The molecule has 0 radical (unpaired) electrons. The third-order valence-corrected chi connectivity index (χ3v) is 9.54. The molecule has 0 N–H and O–H groups in total. The number of hydrogen-bond donors (Lipinski definition) is 0. The van der Waals surface area contributed by atoms with E-state index in [1.54, 1.807) is 0 Å². The summed E-state index contributed by atoms with van der Waals surface area (Å²) >= 11 is 0. The molecule has 0 saturated carbocycles. The van der Waals surface area contributed by atoms with Gasteiger partial charge in [-0.15, -0.1) is 0 Å². The maximum absolute atomic E-state index is 6.16. The van der Waals surface area contributed by atoms with Gasteiger partial charge in [-0.25, -0.2) is 9.97 Å². The topological polar surface area (TPSA) is 38.9 Å². The second-order valence-electron chi connectivity index (χ2n) is 12.1. The normalized spacial score (nSPS) is 12.3. The van der Waals surface area contributed by atoms with Gasteiger partial charge in [0.2, 0.25) is 0 Å². The van der Waals surface area contributed by atoms with Crippen molar-refractivity contribution >= 4 is 43.6 Å². The molecular formula is C43H26N2O. The molecular weight excluding hydrogens is 560 g/mol. The fourth-order valence-corrected chi connectivity index (χ4v) is 7.34. The minimum absolute atomic E-state index is 0.723. The van der Waals surface area contributed by atoms with Gasteiger partial charge >= 0.3 is 0 Å². The fraction of sp³-hybridized carbons (Fsp3) is 0.0233. The van der Waals surface area contributed by atoms with Gasteiger partial charge in [0.15, 0.2) is 5.82 Å². The Morgan fingerprint density at radius 2 is 1.22 bits per heavy atom. The SMILES string of the molecule is c1ccc2c(c1)Cc1c-2ccc2cccc(-c3nc(-c4ccc(-c5ccc6c(c5)oc5ccccc56)cc4)nc4ccccc34)c12. The van der Waals surface area contributed by atoms with Crippen molar-refractivity contribution in [2.75, 3.05) is 0 Å². The quantitative estimate of drug-likeness (QED) is 0.207. The van der Waals surface area contributed by atoms with Crippen molar-refractivity contribution in [1.82, 2.24) is 9.97 Å². The Balaban J connectivity index is 1.11. The molecule has 7 aromatic carbocycles. The van der Waals surface area contributed by atoms with Crippen LogP contribution in [0.1, 0.15) is 11.1 Å². The van der Waals surface area contributed by atoms with Crippen molar-refractivity contribution in [2.45, 2.75) is 6.42 Å². The first-order valence-corrected chi connectivity index (χ1v) is 15.7. The summed E-state index contributed by atoms with van der Waals surface area (Å²) in [5, 5.41) is 5.85. The second-order valence-corrected chi connectivity index (χ2v) is 12.1. The van der Waals surface area contributed by atoms with Crippen LogP contribution in [0.5, 0.6) is 0 Å². The zero-order valence-electron chi connectivity index (χ0n) is 24.9. The number of aromatic nitrogens is 2. The summed E-state index contributed by atoms with van der Waals surface area (Å²) < 4.78 is 6.16. The molecule has 0 aliphatic heterocycles. The van der Waals surface area contributed by atoms with Crippen LogP contribution in [0.4, 0.5) is 0 Å². The summed E-state index contributed by atoms with van der Waals surface area (Å²) in [5.41, 5.74) is 13.5. The van der Waals surface area contributed by atoms with Gasteiger partial charge in [-0.2, -0.15) is 0 Å². The fourth-order valence-electron chi connectivity index (χ4n) is 7.34. The number of rotatable bonds is 3. The van der Waals surface area contributed by atoms with Gasteiger partial charge in [0.05, 0.1) is 11.2 Å². The largest absolute Gasteiger partial charge is 0.456 e. The molecule has 2 heterocycles. The molecule has 0 atom stereocenters. The molecule has 46 heavy (non-hydrogen) atoms. The van der Waals surface area contributed by atoms with Crippen LogP contribution in [-0.4, -0.2) is 9.97 Å². The van der Waals surface area contributed by atoms with Crippen LogP contribution < -0.4 is 0 Å². The first kappa shape index (κ1) is 25.3. The molecule has 0 saturated heterocycles. The van der Waals surface area contributed by atoms with Gasteiger partial charge in [0.25, 0.3) is 0 Å². The minimum atomic E-state index is 0.723. The van der Waals surface area contributed by atoms with Gasteiger partial charge in [-0.3, -0.25) is 0 Å². The molecule has 0 unspecified atom stereocenters. The molecule has 9 aromatic rings. The average Bonchev–Trinajstić information content (AvgIpc) is 3.69. The number of benzene rings is 7. The third-order valence-electron chi connectivity index (χ3n) is 9.54. The van der Waals surface area contributed by atoms with Gasteiger partial charge in [-0.1, -0.05) is 121 Å². The van der Waals surface area contributed by atoms with E-state index in [2.05, 4.69) is 133 Å². The highest BCUT2D eigenvalue weighted by molar-refractivity contribution is 6.08. The smallest absolute Gasteiger partial charge is 0.160 e. The molecule has 1 aliphatic rings. The highest BCUT2D eigenvalue weighted by Gasteiger charge is 2.23. The first-order chi connectivity index (χ1) is 22.8. The van der Waals surface area contributed by atoms with E-state index in [0.29, 0.717) is 0 Å². The van der Waals surface area contributed by atoms with Crippen molar-refractivity contribution in [3.63, 3.8) is 0 Å². The number of nitrogens with zero attached hydrogens (tertiary/aromatic N) is 2. The lowest BCUT2D eigenvalue weighted by atomic mass is 9.92. The second kappa shape index (κ2) is 9.72. The van der Waals surface area contributed by atoms with E-state index in [4.69, 9.17) is 14.4 Å². The van der Waals surface area contributed by atoms with Crippen LogP contribution in [0.2, 0.25) is 0 Å². The van der Waals surface area contributed by atoms with E-state index in [0.717, 1.165) is 73.0 Å². The molecule has 1 aliphatic carbocycles. The van der Waals surface area contributed by atoms with E-state index < -0.39 is 0 Å². The lowest BCUT2D eigenvalue weighted by Gasteiger charge is -2.14. The van der Waals surface area contributed by atoms with Crippen LogP contribution >= 0.6 is 0 Å². The van der Waals surface area contributed by atoms with Crippen molar-refractivity contribution in [3.05, 3.63) is 157 Å². The zero-order chi connectivity index (χ0) is 30.2. The summed E-state index contributed by atoms with van der Waals surface area (Å²) in [6, 6.07) is 51.5. The van der Waals surface area contributed by atoms with Crippen molar-refractivity contribution < 1.29 is 4.42 Å². The Labute approximate surface area is 265 Å². The maximum atomic E-state index is 6.16. The van der Waals surface area contributed by atoms with Crippen LogP contribution in [0.15, 0.2) is 150 Å². The molecule has 0 amide bonds.